The summed E-state index contributed by atoms with van der Waals surface area (Å²) < 4.78 is 0. The second-order valence-corrected chi connectivity index (χ2v) is 4.73. The summed E-state index contributed by atoms with van der Waals surface area (Å²) in [6, 6.07) is 11.8. The van der Waals surface area contributed by atoms with Crippen LogP contribution in [0.3, 0.4) is 0 Å². The van der Waals surface area contributed by atoms with Crippen LogP contribution in [0.2, 0.25) is 0 Å². The van der Waals surface area contributed by atoms with E-state index in [2.05, 4.69) is 21.9 Å². The smallest absolute Gasteiger partial charge is 0.162 e. The van der Waals surface area contributed by atoms with Gasteiger partial charge in [0.15, 0.2) is 5.82 Å². The van der Waals surface area contributed by atoms with Gasteiger partial charge in [0.2, 0.25) is 0 Å². The summed E-state index contributed by atoms with van der Waals surface area (Å²) in [4.78, 5) is 13.4. The fraction of sp³-hybridized carbons (Fsp3) is 0.188. The van der Waals surface area contributed by atoms with Crippen molar-refractivity contribution in [2.75, 3.05) is 5.73 Å². The number of nitrogens with two attached hydrogens (primary N) is 1. The zero-order chi connectivity index (χ0) is 13.9. The van der Waals surface area contributed by atoms with E-state index in [0.29, 0.717) is 11.6 Å². The number of pyridine rings is 1. The van der Waals surface area contributed by atoms with E-state index in [1.54, 1.807) is 6.20 Å². The summed E-state index contributed by atoms with van der Waals surface area (Å²) in [6.45, 7) is 2.12. The first-order valence-electron chi connectivity index (χ1n) is 6.75. The third-order valence-corrected chi connectivity index (χ3v) is 3.20. The standard InChI is InChI=1S/C16H16N4/c1-2-5-11-10-15(17)20-16(19-11)13-8-9-18-14-7-4-3-6-12(13)14/h3-4,6-10H,2,5H2,1H3,(H2,17,19,20). The summed E-state index contributed by atoms with van der Waals surface area (Å²) in [5.41, 5.74) is 8.80. The van der Waals surface area contributed by atoms with Crippen LogP contribution in [-0.4, -0.2) is 15.0 Å². The quantitative estimate of drug-likeness (QED) is 0.788. The van der Waals surface area contributed by atoms with Gasteiger partial charge in [0.1, 0.15) is 5.82 Å². The lowest BCUT2D eigenvalue weighted by molar-refractivity contribution is 0.877. The molecule has 20 heavy (non-hydrogen) atoms. The lowest BCUT2D eigenvalue weighted by atomic mass is 10.1. The maximum Gasteiger partial charge on any atom is 0.162 e. The van der Waals surface area contributed by atoms with E-state index in [9.17, 15) is 0 Å². The second kappa shape index (κ2) is 5.25. The Kier molecular flexibility index (Phi) is 3.29. The molecule has 0 fully saturated rings. The van der Waals surface area contributed by atoms with E-state index >= 15 is 0 Å². The van der Waals surface area contributed by atoms with Gasteiger partial charge >= 0.3 is 0 Å². The molecule has 4 nitrogen and oxygen atoms in total. The summed E-state index contributed by atoms with van der Waals surface area (Å²) >= 11 is 0. The zero-order valence-corrected chi connectivity index (χ0v) is 11.4. The van der Waals surface area contributed by atoms with Gasteiger partial charge in [0.05, 0.1) is 5.52 Å². The zero-order valence-electron chi connectivity index (χ0n) is 11.4. The van der Waals surface area contributed by atoms with E-state index < -0.39 is 0 Å². The first-order valence-corrected chi connectivity index (χ1v) is 6.75. The Morgan fingerprint density at radius 1 is 1.10 bits per heavy atom. The number of nitrogens with zero attached hydrogens (tertiary/aromatic N) is 3. The summed E-state index contributed by atoms with van der Waals surface area (Å²) in [5, 5.41) is 1.04. The third kappa shape index (κ3) is 2.32. The van der Waals surface area contributed by atoms with Gasteiger partial charge in [-0.3, -0.25) is 4.98 Å². The Morgan fingerprint density at radius 3 is 2.80 bits per heavy atom. The normalized spacial score (nSPS) is 10.8. The van der Waals surface area contributed by atoms with Crippen molar-refractivity contribution in [3.63, 3.8) is 0 Å². The number of benzene rings is 1. The molecule has 0 spiro atoms. The molecule has 2 heterocycles. The summed E-state index contributed by atoms with van der Waals surface area (Å²) in [7, 11) is 0. The van der Waals surface area contributed by atoms with Crippen LogP contribution in [-0.2, 0) is 6.42 Å². The molecule has 0 amide bonds. The highest BCUT2D eigenvalue weighted by atomic mass is 14.9. The Morgan fingerprint density at radius 2 is 1.95 bits per heavy atom. The van der Waals surface area contributed by atoms with Gasteiger partial charge in [-0.15, -0.1) is 0 Å². The highest BCUT2D eigenvalue weighted by molar-refractivity contribution is 5.92. The van der Waals surface area contributed by atoms with Crippen molar-refractivity contribution in [3.05, 3.63) is 48.3 Å². The average Bonchev–Trinajstić information content (AvgIpc) is 2.46. The maximum absolute atomic E-state index is 5.90. The van der Waals surface area contributed by atoms with Crippen LogP contribution in [0.15, 0.2) is 42.6 Å². The Balaban J connectivity index is 2.20. The Labute approximate surface area is 117 Å². The lowest BCUT2D eigenvalue weighted by Gasteiger charge is -2.07. The molecule has 0 radical (unpaired) electrons. The number of aromatic nitrogens is 3. The van der Waals surface area contributed by atoms with Crippen molar-refractivity contribution in [1.29, 1.82) is 0 Å². The number of nitrogen functional groups attached to an aromatic ring is 1. The van der Waals surface area contributed by atoms with Gasteiger partial charge in [-0.2, -0.15) is 0 Å². The van der Waals surface area contributed by atoms with Crippen LogP contribution >= 0.6 is 0 Å². The maximum atomic E-state index is 5.90. The van der Waals surface area contributed by atoms with Crippen LogP contribution in [0.4, 0.5) is 5.82 Å². The van der Waals surface area contributed by atoms with Gasteiger partial charge in [0, 0.05) is 28.9 Å². The third-order valence-electron chi connectivity index (χ3n) is 3.20. The molecule has 0 saturated heterocycles. The van der Waals surface area contributed by atoms with E-state index in [0.717, 1.165) is 35.0 Å². The summed E-state index contributed by atoms with van der Waals surface area (Å²) in [6.07, 6.45) is 3.72. The van der Waals surface area contributed by atoms with Crippen molar-refractivity contribution >= 4 is 16.7 Å². The molecule has 0 aliphatic carbocycles. The largest absolute Gasteiger partial charge is 0.384 e. The minimum Gasteiger partial charge on any atom is -0.384 e. The number of hydrogen-bond acceptors (Lipinski definition) is 4. The van der Waals surface area contributed by atoms with Gasteiger partial charge in [-0.25, -0.2) is 9.97 Å². The topological polar surface area (TPSA) is 64.7 Å². The molecule has 0 atom stereocenters. The molecular weight excluding hydrogens is 248 g/mol. The monoisotopic (exact) mass is 264 g/mol. The van der Waals surface area contributed by atoms with Crippen molar-refractivity contribution < 1.29 is 0 Å². The SMILES string of the molecule is CCCc1cc(N)nc(-c2ccnc3ccccc23)n1. The fourth-order valence-electron chi connectivity index (χ4n) is 2.31. The average molecular weight is 264 g/mol. The molecule has 0 bridgehead atoms. The molecule has 0 saturated carbocycles. The number of para-hydroxylation sites is 1. The number of aryl methyl sites for hydroxylation is 1. The molecule has 100 valence electrons. The fourth-order valence-corrected chi connectivity index (χ4v) is 2.31. The first-order chi connectivity index (χ1) is 9.78. The highest BCUT2D eigenvalue weighted by Crippen LogP contribution is 2.25. The van der Waals surface area contributed by atoms with Crippen LogP contribution in [0, 0.1) is 0 Å². The number of anilines is 1. The van der Waals surface area contributed by atoms with Gasteiger partial charge < -0.3 is 5.73 Å². The van der Waals surface area contributed by atoms with E-state index in [1.807, 2.05) is 36.4 Å². The molecule has 3 rings (SSSR count). The molecule has 2 aromatic heterocycles. The van der Waals surface area contributed by atoms with Crippen molar-refractivity contribution in [2.24, 2.45) is 0 Å². The minimum absolute atomic E-state index is 0.513. The Hall–Kier alpha value is -2.49. The van der Waals surface area contributed by atoms with Crippen LogP contribution in [0.25, 0.3) is 22.3 Å². The molecular formula is C16H16N4. The predicted molar refractivity (Wildman–Crippen MR) is 81.2 cm³/mol. The molecule has 0 aliphatic rings. The minimum atomic E-state index is 0.513. The highest BCUT2D eigenvalue weighted by Gasteiger charge is 2.09. The predicted octanol–water partition coefficient (Wildman–Crippen LogP) is 3.23. The summed E-state index contributed by atoms with van der Waals surface area (Å²) in [5.74, 6) is 1.19. The van der Waals surface area contributed by atoms with Crippen molar-refractivity contribution in [2.45, 2.75) is 19.8 Å². The van der Waals surface area contributed by atoms with Crippen LogP contribution < -0.4 is 5.73 Å². The second-order valence-electron chi connectivity index (χ2n) is 4.73. The first kappa shape index (κ1) is 12.5. The number of fused-ring (bicyclic) bond motifs is 1. The molecule has 0 aliphatic heterocycles. The molecule has 2 N–H and O–H groups in total. The van der Waals surface area contributed by atoms with Crippen LogP contribution in [0.5, 0.6) is 0 Å². The van der Waals surface area contributed by atoms with E-state index in [4.69, 9.17) is 5.73 Å². The van der Waals surface area contributed by atoms with E-state index in [-0.39, 0.29) is 0 Å². The number of rotatable bonds is 3. The Bertz CT molecular complexity index is 747. The molecule has 3 aromatic rings. The molecule has 0 unspecified atom stereocenters. The molecule has 4 heteroatoms. The lowest BCUT2D eigenvalue weighted by Crippen LogP contribution is -2.00. The van der Waals surface area contributed by atoms with Gasteiger partial charge in [0.25, 0.3) is 0 Å². The van der Waals surface area contributed by atoms with Crippen LogP contribution in [0.1, 0.15) is 19.0 Å². The van der Waals surface area contributed by atoms with Crippen molar-refractivity contribution in [1.82, 2.24) is 15.0 Å². The number of hydrogen-bond donors (Lipinski definition) is 1. The van der Waals surface area contributed by atoms with Crippen molar-refractivity contribution in [3.8, 4) is 11.4 Å². The van der Waals surface area contributed by atoms with Gasteiger partial charge in [-0.1, -0.05) is 31.5 Å². The molecule has 1 aromatic carbocycles. The van der Waals surface area contributed by atoms with E-state index in [1.165, 1.54) is 0 Å². The van der Waals surface area contributed by atoms with Gasteiger partial charge in [-0.05, 0) is 18.6 Å².